The average molecular weight is 420 g/mol. The molecule has 0 aliphatic carbocycles. The van der Waals surface area contributed by atoms with E-state index in [2.05, 4.69) is 51.6 Å². The number of aromatic nitrogens is 2. The van der Waals surface area contributed by atoms with Crippen molar-refractivity contribution in [2.45, 2.75) is 12.6 Å². The number of fused-ring (bicyclic) bond motifs is 1. The lowest BCUT2D eigenvalue weighted by Gasteiger charge is -2.39. The van der Waals surface area contributed by atoms with Crippen molar-refractivity contribution in [2.24, 2.45) is 0 Å². The number of rotatable bonds is 4. The van der Waals surface area contributed by atoms with Crippen molar-refractivity contribution < 1.29 is 9.53 Å². The Hall–Kier alpha value is -2.74. The Labute approximate surface area is 182 Å². The van der Waals surface area contributed by atoms with Gasteiger partial charge in [0, 0.05) is 51.5 Å². The maximum Gasteiger partial charge on any atom is 0.274 e. The number of amides is 1. The van der Waals surface area contributed by atoms with Crippen molar-refractivity contribution in [2.75, 3.05) is 53.0 Å². The first kappa shape index (κ1) is 20.2. The highest BCUT2D eigenvalue weighted by atomic mass is 16.5. The number of benzene rings is 1. The molecule has 0 radical (unpaired) electrons. The van der Waals surface area contributed by atoms with Crippen LogP contribution in [0, 0.1) is 0 Å². The highest BCUT2D eigenvalue weighted by molar-refractivity contribution is 5.94. The molecule has 1 aromatic carbocycles. The first-order valence-electron chi connectivity index (χ1n) is 11.0. The number of imidazole rings is 1. The topological polar surface area (TPSA) is 53.3 Å². The predicted octanol–water partition coefficient (Wildman–Crippen LogP) is 2.30. The summed E-state index contributed by atoms with van der Waals surface area (Å²) in [6.07, 6.45) is 2.01. The molecule has 2 aromatic heterocycles. The van der Waals surface area contributed by atoms with E-state index in [9.17, 15) is 4.79 Å². The number of likely N-dealkylation sites (N-methyl/N-ethyl adjacent to an activating group) is 1. The van der Waals surface area contributed by atoms with Crippen LogP contribution in [0.3, 0.4) is 0 Å². The predicted molar refractivity (Wildman–Crippen MR) is 119 cm³/mol. The molecular weight excluding hydrogens is 390 g/mol. The number of carbonyl (C=O) groups excluding carboxylic acids is 1. The summed E-state index contributed by atoms with van der Waals surface area (Å²) < 4.78 is 7.50. The molecule has 0 N–H and O–H groups in total. The van der Waals surface area contributed by atoms with E-state index in [1.807, 2.05) is 29.3 Å². The molecule has 3 aromatic rings. The van der Waals surface area contributed by atoms with Crippen LogP contribution in [0.25, 0.3) is 5.65 Å². The van der Waals surface area contributed by atoms with Crippen LogP contribution in [-0.2, 0) is 11.3 Å². The molecule has 5 rings (SSSR count). The van der Waals surface area contributed by atoms with Crippen molar-refractivity contribution in [3.63, 3.8) is 0 Å². The summed E-state index contributed by atoms with van der Waals surface area (Å²) in [5, 5.41) is 0. The van der Waals surface area contributed by atoms with Gasteiger partial charge in [0.1, 0.15) is 5.65 Å². The minimum atomic E-state index is 0.00994. The van der Waals surface area contributed by atoms with Crippen LogP contribution in [0.2, 0.25) is 0 Å². The summed E-state index contributed by atoms with van der Waals surface area (Å²) in [5.74, 6) is 0.00994. The summed E-state index contributed by atoms with van der Waals surface area (Å²) in [7, 11) is 2.19. The Balaban J connectivity index is 1.43. The van der Waals surface area contributed by atoms with E-state index in [4.69, 9.17) is 9.72 Å². The van der Waals surface area contributed by atoms with Crippen LogP contribution in [0.1, 0.15) is 27.8 Å². The fraction of sp³-hybridized carbons (Fsp3) is 0.417. The monoisotopic (exact) mass is 419 g/mol. The lowest BCUT2D eigenvalue weighted by atomic mass is 10.0. The minimum Gasteiger partial charge on any atom is -0.378 e. The smallest absolute Gasteiger partial charge is 0.274 e. The van der Waals surface area contributed by atoms with Gasteiger partial charge in [0.05, 0.1) is 18.9 Å². The number of nitrogens with zero attached hydrogens (tertiary/aromatic N) is 5. The summed E-state index contributed by atoms with van der Waals surface area (Å²) in [6, 6.07) is 16.9. The summed E-state index contributed by atoms with van der Waals surface area (Å²) >= 11 is 0. The van der Waals surface area contributed by atoms with Crippen LogP contribution in [-0.4, -0.2) is 83.0 Å². The fourth-order valence-corrected chi connectivity index (χ4v) is 4.61. The van der Waals surface area contributed by atoms with Gasteiger partial charge in [0.2, 0.25) is 0 Å². The molecule has 2 aliphatic heterocycles. The maximum atomic E-state index is 13.3. The maximum absolute atomic E-state index is 13.3. The average Bonchev–Trinajstić information content (AvgIpc) is 3.19. The van der Waals surface area contributed by atoms with Crippen molar-refractivity contribution in [1.29, 1.82) is 0 Å². The molecule has 7 heteroatoms. The Bertz CT molecular complexity index is 1040. The second-order valence-corrected chi connectivity index (χ2v) is 8.38. The molecule has 7 nitrogen and oxygen atoms in total. The van der Waals surface area contributed by atoms with Crippen LogP contribution in [0.4, 0.5) is 0 Å². The largest absolute Gasteiger partial charge is 0.378 e. The van der Waals surface area contributed by atoms with Gasteiger partial charge < -0.3 is 14.0 Å². The van der Waals surface area contributed by atoms with Gasteiger partial charge >= 0.3 is 0 Å². The summed E-state index contributed by atoms with van der Waals surface area (Å²) in [6.45, 7) is 6.00. The number of piperazine rings is 1. The Morgan fingerprint density at radius 1 is 1.03 bits per heavy atom. The van der Waals surface area contributed by atoms with Crippen molar-refractivity contribution in [3.8, 4) is 0 Å². The number of pyridine rings is 1. The molecule has 2 saturated heterocycles. The molecule has 1 amide bonds. The van der Waals surface area contributed by atoms with Crippen LogP contribution >= 0.6 is 0 Å². The molecule has 31 heavy (non-hydrogen) atoms. The standard InChI is InChI=1S/C24H29N5O2/c1-26-11-12-27(17-20(26)19-7-3-2-4-8-19)18-21-23(24(30)28-13-15-31-16-14-28)25-22-9-5-6-10-29(21)22/h2-10,20H,11-18H2,1H3/t20-/m0/s1. The van der Waals surface area contributed by atoms with Gasteiger partial charge in [0.15, 0.2) is 5.69 Å². The number of ether oxygens (including phenoxy) is 1. The van der Waals surface area contributed by atoms with Gasteiger partial charge in [-0.2, -0.15) is 0 Å². The van der Waals surface area contributed by atoms with Crippen molar-refractivity contribution in [1.82, 2.24) is 24.1 Å². The van der Waals surface area contributed by atoms with Crippen molar-refractivity contribution in [3.05, 3.63) is 71.7 Å². The SMILES string of the molecule is CN1CCN(Cc2c(C(=O)N3CCOCC3)nc3ccccn23)C[C@H]1c1ccccc1. The number of hydrogen-bond donors (Lipinski definition) is 0. The van der Waals surface area contributed by atoms with E-state index >= 15 is 0 Å². The molecule has 1 atom stereocenters. The summed E-state index contributed by atoms with van der Waals surface area (Å²) in [5.41, 5.74) is 3.70. The zero-order chi connectivity index (χ0) is 21.2. The normalized spacial score (nSPS) is 20.9. The molecule has 4 heterocycles. The van der Waals surface area contributed by atoms with E-state index in [1.165, 1.54) is 5.56 Å². The molecule has 0 bridgehead atoms. The van der Waals surface area contributed by atoms with E-state index in [0.29, 0.717) is 44.6 Å². The van der Waals surface area contributed by atoms with E-state index in [0.717, 1.165) is 31.0 Å². The number of morpholine rings is 1. The third-order valence-corrected chi connectivity index (χ3v) is 6.42. The Morgan fingerprint density at radius 2 is 1.81 bits per heavy atom. The lowest BCUT2D eigenvalue weighted by Crippen LogP contribution is -2.46. The second kappa shape index (κ2) is 8.78. The van der Waals surface area contributed by atoms with Gasteiger partial charge in [-0.15, -0.1) is 0 Å². The molecule has 162 valence electrons. The number of carbonyl (C=O) groups is 1. The fourth-order valence-electron chi connectivity index (χ4n) is 4.61. The van der Waals surface area contributed by atoms with E-state index in [-0.39, 0.29) is 5.91 Å². The Morgan fingerprint density at radius 3 is 2.61 bits per heavy atom. The zero-order valence-electron chi connectivity index (χ0n) is 18.0. The molecule has 0 unspecified atom stereocenters. The molecule has 0 saturated carbocycles. The van der Waals surface area contributed by atoms with Gasteiger partial charge in [0.25, 0.3) is 5.91 Å². The minimum absolute atomic E-state index is 0.00994. The molecular formula is C24H29N5O2. The zero-order valence-corrected chi connectivity index (χ0v) is 18.0. The quantitative estimate of drug-likeness (QED) is 0.650. The van der Waals surface area contributed by atoms with Gasteiger partial charge in [-0.05, 0) is 24.7 Å². The van der Waals surface area contributed by atoms with Gasteiger partial charge in [-0.25, -0.2) is 4.98 Å². The lowest BCUT2D eigenvalue weighted by molar-refractivity contribution is 0.0297. The third-order valence-electron chi connectivity index (χ3n) is 6.42. The van der Waals surface area contributed by atoms with E-state index < -0.39 is 0 Å². The highest BCUT2D eigenvalue weighted by Crippen LogP contribution is 2.26. The van der Waals surface area contributed by atoms with Crippen molar-refractivity contribution >= 4 is 11.6 Å². The van der Waals surface area contributed by atoms with Gasteiger partial charge in [-0.1, -0.05) is 36.4 Å². The van der Waals surface area contributed by atoms with Crippen LogP contribution in [0.5, 0.6) is 0 Å². The highest BCUT2D eigenvalue weighted by Gasteiger charge is 2.30. The van der Waals surface area contributed by atoms with Crippen LogP contribution < -0.4 is 0 Å². The molecule has 0 spiro atoms. The molecule has 2 fully saturated rings. The van der Waals surface area contributed by atoms with Crippen LogP contribution in [0.15, 0.2) is 54.7 Å². The summed E-state index contributed by atoms with van der Waals surface area (Å²) in [4.78, 5) is 24.8. The second-order valence-electron chi connectivity index (χ2n) is 8.38. The molecule has 2 aliphatic rings. The first-order chi connectivity index (χ1) is 15.2. The van der Waals surface area contributed by atoms with E-state index in [1.54, 1.807) is 0 Å². The first-order valence-corrected chi connectivity index (χ1v) is 11.0. The number of hydrogen-bond acceptors (Lipinski definition) is 5. The Kier molecular flexibility index (Phi) is 5.72. The van der Waals surface area contributed by atoms with Gasteiger partial charge in [-0.3, -0.25) is 14.6 Å². The third kappa shape index (κ3) is 4.08.